The van der Waals surface area contributed by atoms with Crippen molar-refractivity contribution in [2.24, 2.45) is 0 Å². The van der Waals surface area contributed by atoms with Crippen LogP contribution in [0.3, 0.4) is 0 Å². The molecule has 170 valence electrons. The highest BCUT2D eigenvalue weighted by molar-refractivity contribution is 7.89. The quantitative estimate of drug-likeness (QED) is 0.418. The molecule has 1 saturated carbocycles. The van der Waals surface area contributed by atoms with E-state index >= 15 is 0 Å². The van der Waals surface area contributed by atoms with Crippen LogP contribution >= 0.6 is 12.2 Å². The number of methoxy groups -OCH3 is 1. The average Bonchev–Trinajstić information content (AvgIpc) is 2.78. The molecule has 3 N–H and O–H groups in total. The minimum atomic E-state index is -3.56. The van der Waals surface area contributed by atoms with Gasteiger partial charge in [0.1, 0.15) is 5.75 Å². The monoisotopic (exact) mass is 473 g/mol. The second-order valence-corrected chi connectivity index (χ2v) is 9.62. The van der Waals surface area contributed by atoms with Crippen molar-refractivity contribution < 1.29 is 17.9 Å². The lowest BCUT2D eigenvalue weighted by Crippen LogP contribution is -2.36. The Morgan fingerprint density at radius 2 is 1.75 bits per heavy atom. The highest BCUT2D eigenvalue weighted by Crippen LogP contribution is 2.21. The topological polar surface area (TPSA) is 96.5 Å². The van der Waals surface area contributed by atoms with Crippen molar-refractivity contribution >= 4 is 45.0 Å². The molecular formula is C23H27N3O4S2. The van der Waals surface area contributed by atoms with Crippen molar-refractivity contribution in [3.8, 4) is 5.75 Å². The molecule has 2 aromatic carbocycles. The SMILES string of the molecule is COc1ccccc1/C=C/C(=O)NC(=S)Nc1ccc(S(=O)(=O)NC2CCCCC2)cc1. The molecule has 3 rings (SSSR count). The van der Waals surface area contributed by atoms with Gasteiger partial charge in [0.25, 0.3) is 0 Å². The summed E-state index contributed by atoms with van der Waals surface area (Å²) in [6, 6.07) is 13.6. The zero-order valence-corrected chi connectivity index (χ0v) is 19.5. The van der Waals surface area contributed by atoms with Crippen LogP contribution in [0.5, 0.6) is 5.75 Å². The van der Waals surface area contributed by atoms with Gasteiger partial charge in [-0.15, -0.1) is 0 Å². The van der Waals surface area contributed by atoms with Crippen LogP contribution in [0, 0.1) is 0 Å². The third-order valence-corrected chi connectivity index (χ3v) is 6.88. The van der Waals surface area contributed by atoms with E-state index in [2.05, 4.69) is 15.4 Å². The summed E-state index contributed by atoms with van der Waals surface area (Å²) in [7, 11) is -2.00. The first-order valence-corrected chi connectivity index (χ1v) is 12.3. The maximum atomic E-state index is 12.6. The number of anilines is 1. The van der Waals surface area contributed by atoms with E-state index in [1.54, 1.807) is 31.4 Å². The molecule has 0 bridgehead atoms. The number of benzene rings is 2. The first-order valence-electron chi connectivity index (χ1n) is 10.4. The fourth-order valence-corrected chi connectivity index (χ4v) is 5.03. The van der Waals surface area contributed by atoms with Gasteiger partial charge in [0, 0.05) is 23.4 Å². The number of hydrogen-bond acceptors (Lipinski definition) is 5. The van der Waals surface area contributed by atoms with Crippen molar-refractivity contribution in [1.29, 1.82) is 0 Å². The largest absolute Gasteiger partial charge is 0.496 e. The summed E-state index contributed by atoms with van der Waals surface area (Å²) >= 11 is 5.17. The lowest BCUT2D eigenvalue weighted by Gasteiger charge is -2.22. The molecule has 0 spiro atoms. The molecule has 1 aliphatic rings. The predicted molar refractivity (Wildman–Crippen MR) is 130 cm³/mol. The third kappa shape index (κ3) is 6.88. The highest BCUT2D eigenvalue weighted by atomic mass is 32.2. The Kier molecular flexibility index (Phi) is 8.38. The second kappa shape index (κ2) is 11.2. The van der Waals surface area contributed by atoms with Gasteiger partial charge in [0.05, 0.1) is 12.0 Å². The molecule has 0 saturated heterocycles. The van der Waals surface area contributed by atoms with Crippen LogP contribution in [0.15, 0.2) is 59.5 Å². The van der Waals surface area contributed by atoms with Gasteiger partial charge in [-0.2, -0.15) is 0 Å². The lowest BCUT2D eigenvalue weighted by atomic mass is 9.96. The maximum absolute atomic E-state index is 12.6. The maximum Gasteiger partial charge on any atom is 0.250 e. The van der Waals surface area contributed by atoms with Crippen LogP contribution < -0.4 is 20.1 Å². The van der Waals surface area contributed by atoms with E-state index in [-0.39, 0.29) is 16.0 Å². The standard InChI is InChI=1S/C23H27N3O4S2/c1-30-21-10-6-5-7-17(21)11-16-22(27)25-23(31)24-18-12-14-20(15-13-18)32(28,29)26-19-8-3-2-4-9-19/h5-7,10-16,19,26H,2-4,8-9H2,1H3,(H2,24,25,27,31)/b16-11+. The number of carbonyl (C=O) groups is 1. The minimum absolute atomic E-state index is 0.00162. The Bertz CT molecular complexity index is 1080. The number of sulfonamides is 1. The number of hydrogen-bond donors (Lipinski definition) is 3. The van der Waals surface area contributed by atoms with E-state index in [1.165, 1.54) is 18.2 Å². The van der Waals surface area contributed by atoms with Gasteiger partial charge in [-0.3, -0.25) is 10.1 Å². The molecule has 1 fully saturated rings. The molecule has 0 atom stereocenters. The van der Waals surface area contributed by atoms with E-state index < -0.39 is 15.9 Å². The molecule has 0 radical (unpaired) electrons. The van der Waals surface area contributed by atoms with Gasteiger partial charge in [-0.05, 0) is 61.5 Å². The summed E-state index contributed by atoms with van der Waals surface area (Å²) in [6.45, 7) is 0. The lowest BCUT2D eigenvalue weighted by molar-refractivity contribution is -0.115. The predicted octanol–water partition coefficient (Wildman–Crippen LogP) is 3.83. The van der Waals surface area contributed by atoms with Crippen LogP contribution in [0.4, 0.5) is 5.69 Å². The third-order valence-electron chi connectivity index (χ3n) is 5.14. The van der Waals surface area contributed by atoms with Crippen LogP contribution in [-0.4, -0.2) is 32.6 Å². The first-order chi connectivity index (χ1) is 15.4. The number of ether oxygens (including phenoxy) is 1. The molecule has 1 aliphatic carbocycles. The average molecular weight is 474 g/mol. The molecule has 0 aromatic heterocycles. The van der Waals surface area contributed by atoms with Crippen molar-refractivity contribution in [3.05, 3.63) is 60.2 Å². The smallest absolute Gasteiger partial charge is 0.250 e. The van der Waals surface area contributed by atoms with Gasteiger partial charge < -0.3 is 10.1 Å². The summed E-state index contributed by atoms with van der Waals surface area (Å²) in [5.41, 5.74) is 1.34. The number of para-hydroxylation sites is 1. The highest BCUT2D eigenvalue weighted by Gasteiger charge is 2.21. The van der Waals surface area contributed by atoms with E-state index in [1.807, 2.05) is 18.2 Å². The van der Waals surface area contributed by atoms with Crippen molar-refractivity contribution in [2.45, 2.75) is 43.0 Å². The molecule has 0 heterocycles. The summed E-state index contributed by atoms with van der Waals surface area (Å²) in [5.74, 6) is 0.259. The molecule has 7 nitrogen and oxygen atoms in total. The molecular weight excluding hydrogens is 446 g/mol. The summed E-state index contributed by atoms with van der Waals surface area (Å²) < 4.78 is 33.2. The van der Waals surface area contributed by atoms with Crippen LogP contribution in [-0.2, 0) is 14.8 Å². The van der Waals surface area contributed by atoms with Crippen molar-refractivity contribution in [2.75, 3.05) is 12.4 Å². The molecule has 1 amide bonds. The van der Waals surface area contributed by atoms with Gasteiger partial charge in [0.2, 0.25) is 15.9 Å². The Morgan fingerprint density at radius 3 is 2.44 bits per heavy atom. The fraction of sp³-hybridized carbons (Fsp3) is 0.304. The molecule has 32 heavy (non-hydrogen) atoms. The molecule has 0 unspecified atom stereocenters. The minimum Gasteiger partial charge on any atom is -0.496 e. The van der Waals surface area contributed by atoms with Gasteiger partial charge in [-0.1, -0.05) is 37.5 Å². The van der Waals surface area contributed by atoms with E-state index in [9.17, 15) is 13.2 Å². The zero-order valence-electron chi connectivity index (χ0n) is 17.8. The van der Waals surface area contributed by atoms with Crippen LogP contribution in [0.2, 0.25) is 0 Å². The molecule has 0 aliphatic heterocycles. The van der Waals surface area contributed by atoms with Gasteiger partial charge in [0.15, 0.2) is 5.11 Å². The summed E-state index contributed by atoms with van der Waals surface area (Å²) in [6.07, 6.45) is 8.00. The van der Waals surface area contributed by atoms with Crippen molar-refractivity contribution in [1.82, 2.24) is 10.0 Å². The zero-order chi connectivity index (χ0) is 23.0. The fourth-order valence-electron chi connectivity index (χ4n) is 3.51. The Hall–Kier alpha value is -2.75. The molecule has 2 aromatic rings. The van der Waals surface area contributed by atoms with Crippen LogP contribution in [0.25, 0.3) is 6.08 Å². The number of thiocarbonyl (C=S) groups is 1. The van der Waals surface area contributed by atoms with Crippen molar-refractivity contribution in [3.63, 3.8) is 0 Å². The van der Waals surface area contributed by atoms with Gasteiger partial charge in [-0.25, -0.2) is 13.1 Å². The summed E-state index contributed by atoms with van der Waals surface area (Å²) in [4.78, 5) is 12.3. The first kappa shape index (κ1) is 23.9. The number of nitrogens with one attached hydrogen (secondary N) is 3. The Balaban J connectivity index is 1.53. The number of rotatable bonds is 7. The van der Waals surface area contributed by atoms with Gasteiger partial charge >= 0.3 is 0 Å². The number of carbonyl (C=O) groups excluding carboxylic acids is 1. The molecule has 9 heteroatoms. The number of amides is 1. The Morgan fingerprint density at radius 1 is 1.06 bits per heavy atom. The van der Waals surface area contributed by atoms with E-state index in [4.69, 9.17) is 17.0 Å². The van der Waals surface area contributed by atoms with E-state index in [0.29, 0.717) is 11.4 Å². The second-order valence-electron chi connectivity index (χ2n) is 7.50. The summed E-state index contributed by atoms with van der Waals surface area (Å²) in [5, 5.41) is 5.54. The van der Waals surface area contributed by atoms with Crippen LogP contribution in [0.1, 0.15) is 37.7 Å². The normalized spacial score (nSPS) is 14.8. The Labute approximate surface area is 194 Å². The van der Waals surface area contributed by atoms with E-state index in [0.717, 1.165) is 37.7 Å².